The van der Waals surface area contributed by atoms with E-state index in [0.29, 0.717) is 0 Å². The highest BCUT2D eigenvalue weighted by atomic mass is 24.3. The second kappa shape index (κ2) is 6.68. The number of aryl methyl sites for hydroxylation is 1. The summed E-state index contributed by atoms with van der Waals surface area (Å²) in [5.74, 6) is 0. The highest BCUT2D eigenvalue weighted by Crippen LogP contribution is 2.02. The Bertz CT molecular complexity index is 169. The van der Waals surface area contributed by atoms with E-state index in [9.17, 15) is 0 Å². The fraction of sp³-hybridized carbons (Fsp3) is 0.300. The Labute approximate surface area is 85.2 Å². The second-order valence-corrected chi connectivity index (χ2v) is 2.44. The number of rotatable bonds is 3. The number of benzene rings is 1. The van der Waals surface area contributed by atoms with E-state index in [0.717, 1.165) is 6.42 Å². The van der Waals surface area contributed by atoms with Crippen LogP contribution < -0.4 is 0 Å². The summed E-state index contributed by atoms with van der Waals surface area (Å²) < 4.78 is 0. The van der Waals surface area contributed by atoms with Crippen molar-refractivity contribution in [1.82, 2.24) is 0 Å². The van der Waals surface area contributed by atoms with Crippen molar-refractivity contribution >= 4 is 23.1 Å². The topological polar surface area (TPSA) is 0 Å². The summed E-state index contributed by atoms with van der Waals surface area (Å²) in [5.41, 5.74) is 1.42. The average Bonchev–Trinajstić information content (AvgIpc) is 2.03. The van der Waals surface area contributed by atoms with Crippen molar-refractivity contribution < 1.29 is 0 Å². The molecule has 1 aromatic carbocycles. The van der Waals surface area contributed by atoms with Crippen molar-refractivity contribution in [3.05, 3.63) is 42.8 Å². The van der Waals surface area contributed by atoms with E-state index in [1.807, 2.05) is 6.07 Å². The van der Waals surface area contributed by atoms with Crippen LogP contribution in [-0.4, -0.2) is 23.1 Å². The highest BCUT2D eigenvalue weighted by molar-refractivity contribution is 5.75. The van der Waals surface area contributed by atoms with Crippen LogP contribution in [0, 0.1) is 6.92 Å². The van der Waals surface area contributed by atoms with Gasteiger partial charge in [0.05, 0.1) is 0 Å². The highest BCUT2D eigenvalue weighted by Gasteiger charge is 1.87. The van der Waals surface area contributed by atoms with E-state index in [2.05, 4.69) is 31.2 Å². The van der Waals surface area contributed by atoms with Gasteiger partial charge >= 0.3 is 23.1 Å². The van der Waals surface area contributed by atoms with Gasteiger partial charge in [0.1, 0.15) is 0 Å². The van der Waals surface area contributed by atoms with Gasteiger partial charge < -0.3 is 0 Å². The lowest BCUT2D eigenvalue weighted by Crippen LogP contribution is -1.81. The number of hydrogen-bond acceptors (Lipinski definition) is 0. The van der Waals surface area contributed by atoms with Gasteiger partial charge in [-0.2, -0.15) is 0 Å². The van der Waals surface area contributed by atoms with Crippen molar-refractivity contribution in [2.75, 3.05) is 0 Å². The molecule has 1 heteroatoms. The molecule has 1 aromatic rings. The van der Waals surface area contributed by atoms with Crippen LogP contribution in [0.5, 0.6) is 0 Å². The van der Waals surface area contributed by atoms with Crippen molar-refractivity contribution in [3.63, 3.8) is 0 Å². The van der Waals surface area contributed by atoms with Crippen LogP contribution in [0.25, 0.3) is 0 Å². The van der Waals surface area contributed by atoms with E-state index >= 15 is 0 Å². The molecule has 0 unspecified atom stereocenters. The van der Waals surface area contributed by atoms with E-state index in [1.165, 1.54) is 18.4 Å². The first-order valence-electron chi connectivity index (χ1n) is 3.76. The molecule has 0 amide bonds. The Morgan fingerprint density at radius 2 is 1.73 bits per heavy atom. The first kappa shape index (κ1) is 11.0. The average molecular weight is 160 g/mol. The molecule has 1 radical (unpaired) electrons. The SMILES string of the molecule is [CH2]CCCc1ccccc1.[MgH2]. The van der Waals surface area contributed by atoms with Crippen LogP contribution >= 0.6 is 0 Å². The molecule has 0 bridgehead atoms. The zero-order chi connectivity index (χ0) is 7.23. The van der Waals surface area contributed by atoms with Crippen molar-refractivity contribution in [3.8, 4) is 0 Å². The minimum absolute atomic E-state index is 0. The largest absolute Gasteiger partial charge is 0.316 e. The summed E-state index contributed by atoms with van der Waals surface area (Å²) in [6.07, 6.45) is 3.41. The normalized spacial score (nSPS) is 8.82. The fourth-order valence-electron chi connectivity index (χ4n) is 0.974. The van der Waals surface area contributed by atoms with Gasteiger partial charge in [-0.15, -0.1) is 0 Å². The molecule has 0 saturated heterocycles. The van der Waals surface area contributed by atoms with Gasteiger partial charge in [-0.3, -0.25) is 0 Å². The summed E-state index contributed by atoms with van der Waals surface area (Å²) >= 11 is 0. The van der Waals surface area contributed by atoms with Gasteiger partial charge in [0.25, 0.3) is 0 Å². The van der Waals surface area contributed by atoms with E-state index in [4.69, 9.17) is 0 Å². The van der Waals surface area contributed by atoms with Crippen LogP contribution in [0.2, 0.25) is 0 Å². The van der Waals surface area contributed by atoms with Crippen LogP contribution in [0.3, 0.4) is 0 Å². The molecule has 0 spiro atoms. The van der Waals surface area contributed by atoms with Crippen molar-refractivity contribution in [1.29, 1.82) is 0 Å². The molecule has 0 saturated carbocycles. The van der Waals surface area contributed by atoms with E-state index < -0.39 is 0 Å². The third-order valence-electron chi connectivity index (χ3n) is 1.56. The monoisotopic (exact) mass is 159 g/mol. The summed E-state index contributed by atoms with van der Waals surface area (Å²) in [6, 6.07) is 10.5. The predicted octanol–water partition coefficient (Wildman–Crippen LogP) is 1.93. The Morgan fingerprint density at radius 3 is 2.27 bits per heavy atom. The van der Waals surface area contributed by atoms with Crippen LogP contribution in [0.1, 0.15) is 18.4 Å². The lowest BCUT2D eigenvalue weighted by Gasteiger charge is -1.96. The summed E-state index contributed by atoms with van der Waals surface area (Å²) in [4.78, 5) is 0. The minimum atomic E-state index is 0. The van der Waals surface area contributed by atoms with Crippen LogP contribution in [0.15, 0.2) is 30.3 Å². The fourth-order valence-corrected chi connectivity index (χ4v) is 0.974. The van der Waals surface area contributed by atoms with Gasteiger partial charge in [0.15, 0.2) is 0 Å². The van der Waals surface area contributed by atoms with E-state index in [1.54, 1.807) is 0 Å². The smallest absolute Gasteiger partial charge is 0.0622 e. The van der Waals surface area contributed by atoms with Gasteiger partial charge in [-0.25, -0.2) is 0 Å². The molecule has 0 nitrogen and oxygen atoms in total. The molecule has 0 aliphatic rings. The first-order chi connectivity index (χ1) is 4.93. The summed E-state index contributed by atoms with van der Waals surface area (Å²) in [6.45, 7) is 3.80. The Kier molecular flexibility index (Phi) is 6.67. The molecule has 0 fully saturated rings. The lowest BCUT2D eigenvalue weighted by molar-refractivity contribution is 0.841. The standard InChI is InChI=1S/C10H13.Mg.2H/c1-2-3-7-10-8-5-4-6-9-10;;;/h4-6,8-9H,1-3,7H2;;;. The zero-order valence-electron chi connectivity index (χ0n) is 6.22. The zero-order valence-corrected chi connectivity index (χ0v) is 6.22. The third-order valence-corrected chi connectivity index (χ3v) is 1.56. The predicted molar refractivity (Wildman–Crippen MR) is 53.3 cm³/mol. The lowest BCUT2D eigenvalue weighted by atomic mass is 10.1. The van der Waals surface area contributed by atoms with Crippen molar-refractivity contribution in [2.45, 2.75) is 19.3 Å². The van der Waals surface area contributed by atoms with Crippen molar-refractivity contribution in [2.24, 2.45) is 0 Å². The summed E-state index contributed by atoms with van der Waals surface area (Å²) in [7, 11) is 0. The Morgan fingerprint density at radius 1 is 1.09 bits per heavy atom. The maximum absolute atomic E-state index is 3.80. The number of hydrogen-bond donors (Lipinski definition) is 0. The number of unbranched alkanes of at least 4 members (excludes halogenated alkanes) is 1. The third kappa shape index (κ3) is 4.43. The molecule has 0 atom stereocenters. The molecule has 11 heavy (non-hydrogen) atoms. The summed E-state index contributed by atoms with van der Waals surface area (Å²) in [5, 5.41) is 0. The maximum Gasteiger partial charge on any atom is 0.316 e. The molecule has 0 aliphatic heterocycles. The molecule has 57 valence electrons. The molecule has 1 rings (SSSR count). The quantitative estimate of drug-likeness (QED) is 0.592. The van der Waals surface area contributed by atoms with Crippen LogP contribution in [-0.2, 0) is 6.42 Å². The van der Waals surface area contributed by atoms with Gasteiger partial charge in [0.2, 0.25) is 0 Å². The molecular formula is C10H15Mg. The minimum Gasteiger partial charge on any atom is -0.0622 e. The van der Waals surface area contributed by atoms with E-state index in [-0.39, 0.29) is 23.1 Å². The Balaban J connectivity index is 0.000001000. The molecule has 0 aliphatic carbocycles. The maximum atomic E-state index is 3.80. The molecular weight excluding hydrogens is 144 g/mol. The van der Waals surface area contributed by atoms with Gasteiger partial charge in [0, 0.05) is 0 Å². The first-order valence-corrected chi connectivity index (χ1v) is 3.76. The van der Waals surface area contributed by atoms with Gasteiger partial charge in [-0.1, -0.05) is 43.7 Å². The second-order valence-electron chi connectivity index (χ2n) is 2.44. The molecule has 0 heterocycles. The Hall–Kier alpha value is -0.0138. The van der Waals surface area contributed by atoms with Crippen LogP contribution in [0.4, 0.5) is 0 Å². The van der Waals surface area contributed by atoms with Gasteiger partial charge in [-0.05, 0) is 18.4 Å². The molecule has 0 N–H and O–H groups in total. The molecule has 0 aromatic heterocycles.